The van der Waals surface area contributed by atoms with E-state index in [1.165, 1.54) is 0 Å². The number of benzene rings is 2. The van der Waals surface area contributed by atoms with Crippen molar-refractivity contribution in [2.75, 3.05) is 62.7 Å². The van der Waals surface area contributed by atoms with Crippen molar-refractivity contribution in [3.05, 3.63) is 89.3 Å². The predicted molar refractivity (Wildman–Crippen MR) is 150 cm³/mol. The molecule has 178 valence electrons. The quantitative estimate of drug-likeness (QED) is 0.645. The van der Waals surface area contributed by atoms with Crippen LogP contribution in [0.15, 0.2) is 88.2 Å². The lowest BCUT2D eigenvalue weighted by molar-refractivity contribution is 0.648. The number of hydrogen-bond acceptors (Lipinski definition) is 7. The molecule has 7 nitrogen and oxygen atoms in total. The first-order chi connectivity index (χ1) is 16.9. The van der Waals surface area contributed by atoms with E-state index in [4.69, 9.17) is 9.98 Å². The molecule has 5 rings (SSSR count). The maximum absolute atomic E-state index is 5.04. The van der Waals surface area contributed by atoms with Gasteiger partial charge in [-0.25, -0.2) is 9.98 Å². The monoisotopic (exact) mass is 465 g/mol. The molecule has 0 bridgehead atoms. The summed E-state index contributed by atoms with van der Waals surface area (Å²) >= 11 is 0. The Kier molecular flexibility index (Phi) is 5.68. The highest BCUT2D eigenvalue weighted by molar-refractivity contribution is 6.20. The Hall–Kier alpha value is -4.26. The number of nitrogens with zero attached hydrogens (tertiary/aromatic N) is 5. The molecular weight excluding hydrogens is 434 g/mol. The fourth-order valence-corrected chi connectivity index (χ4v) is 4.44. The fourth-order valence-electron chi connectivity index (χ4n) is 4.44. The molecule has 0 saturated carbocycles. The minimum Gasteiger partial charge on any atom is -0.388 e. The van der Waals surface area contributed by atoms with Crippen molar-refractivity contribution < 1.29 is 0 Å². The van der Waals surface area contributed by atoms with Crippen molar-refractivity contribution in [1.82, 2.24) is 4.90 Å². The SMILES string of the molecule is CNc1cc(N(C)C)ccc1C1=CC2=CC=CC3=CC(c4ccc(N(C)C)cc4NC)=NC(=N1)N23. The number of aliphatic imine (C=N–C) groups is 2. The Balaban J connectivity index is 1.62. The molecule has 0 saturated heterocycles. The Morgan fingerprint density at radius 1 is 0.743 bits per heavy atom. The molecule has 3 aliphatic heterocycles. The summed E-state index contributed by atoms with van der Waals surface area (Å²) in [5.74, 6) is 0.670. The first kappa shape index (κ1) is 22.5. The second kappa shape index (κ2) is 8.83. The molecule has 2 aromatic carbocycles. The molecule has 0 aliphatic carbocycles. The summed E-state index contributed by atoms with van der Waals surface area (Å²) in [5.41, 5.74) is 10.3. The molecular formula is C28H31N7. The van der Waals surface area contributed by atoms with Crippen LogP contribution in [0, 0.1) is 0 Å². The molecule has 3 aliphatic rings. The smallest absolute Gasteiger partial charge is 0.235 e. The van der Waals surface area contributed by atoms with Gasteiger partial charge in [-0.05, 0) is 60.7 Å². The summed E-state index contributed by atoms with van der Waals surface area (Å²) in [6, 6.07) is 12.8. The molecule has 0 radical (unpaired) electrons. The lowest BCUT2D eigenvalue weighted by atomic mass is 10.0. The van der Waals surface area contributed by atoms with Crippen LogP contribution in [0.3, 0.4) is 0 Å². The highest BCUT2D eigenvalue weighted by Gasteiger charge is 2.29. The Morgan fingerprint density at radius 3 is 2.00 bits per heavy atom. The second-order valence-electron chi connectivity index (χ2n) is 9.04. The number of anilines is 4. The number of allylic oxidation sites excluding steroid dienone is 5. The Bertz CT molecular complexity index is 1310. The van der Waals surface area contributed by atoms with Gasteiger partial charge in [0, 0.05) is 76.2 Å². The maximum atomic E-state index is 5.04. The minimum absolute atomic E-state index is 0.670. The summed E-state index contributed by atoms with van der Waals surface area (Å²) < 4.78 is 0. The van der Waals surface area contributed by atoms with Gasteiger partial charge in [0.2, 0.25) is 5.96 Å². The van der Waals surface area contributed by atoms with Crippen LogP contribution >= 0.6 is 0 Å². The van der Waals surface area contributed by atoms with Crippen LogP contribution in [0.5, 0.6) is 0 Å². The molecule has 3 heterocycles. The molecule has 0 aromatic heterocycles. The van der Waals surface area contributed by atoms with Crippen molar-refractivity contribution in [2.45, 2.75) is 0 Å². The van der Waals surface area contributed by atoms with Gasteiger partial charge in [0.1, 0.15) is 0 Å². The van der Waals surface area contributed by atoms with Gasteiger partial charge in [-0.15, -0.1) is 0 Å². The Labute approximate surface area is 207 Å². The van der Waals surface area contributed by atoms with Crippen LogP contribution in [0.1, 0.15) is 11.1 Å². The van der Waals surface area contributed by atoms with E-state index in [2.05, 4.69) is 92.1 Å². The van der Waals surface area contributed by atoms with Crippen LogP contribution in [0.2, 0.25) is 0 Å². The number of nitrogens with one attached hydrogen (secondary N) is 2. The van der Waals surface area contributed by atoms with Crippen LogP contribution in [-0.4, -0.2) is 58.9 Å². The van der Waals surface area contributed by atoms with E-state index in [0.717, 1.165) is 56.7 Å². The zero-order valence-electron chi connectivity index (χ0n) is 21.1. The normalized spacial score (nSPS) is 15.8. The van der Waals surface area contributed by atoms with Crippen LogP contribution in [-0.2, 0) is 0 Å². The zero-order valence-corrected chi connectivity index (χ0v) is 21.1. The van der Waals surface area contributed by atoms with Gasteiger partial charge < -0.3 is 20.4 Å². The third-order valence-electron chi connectivity index (χ3n) is 6.39. The van der Waals surface area contributed by atoms with Crippen molar-refractivity contribution in [2.24, 2.45) is 9.98 Å². The standard InChI is InChI=1S/C28H31N7/c1-29-24-14-18(33(3)4)10-12-22(24)26-16-20-8-7-9-21-17-27(32-28(31-26)35(20)21)23-13-11-19(34(5)6)15-25(23)30-2/h7-17,29-30H,1-6H3. The van der Waals surface area contributed by atoms with Gasteiger partial charge in [0.15, 0.2) is 0 Å². The topological polar surface area (TPSA) is 58.5 Å². The summed E-state index contributed by atoms with van der Waals surface area (Å²) in [6.45, 7) is 0. The lowest BCUT2D eigenvalue weighted by Crippen LogP contribution is -2.34. The van der Waals surface area contributed by atoms with Gasteiger partial charge in [0.05, 0.1) is 22.8 Å². The molecule has 2 N–H and O–H groups in total. The highest BCUT2D eigenvalue weighted by Crippen LogP contribution is 2.37. The van der Waals surface area contributed by atoms with E-state index in [1.54, 1.807) is 0 Å². The third kappa shape index (κ3) is 3.99. The number of rotatable bonds is 6. The van der Waals surface area contributed by atoms with Gasteiger partial charge in [-0.3, -0.25) is 4.90 Å². The van der Waals surface area contributed by atoms with Crippen LogP contribution in [0.25, 0.3) is 5.70 Å². The van der Waals surface area contributed by atoms with Gasteiger partial charge in [-0.1, -0.05) is 6.08 Å². The Morgan fingerprint density at radius 2 is 1.37 bits per heavy atom. The summed E-state index contributed by atoms with van der Waals surface area (Å²) in [4.78, 5) is 16.4. The van der Waals surface area contributed by atoms with E-state index in [9.17, 15) is 0 Å². The predicted octanol–water partition coefficient (Wildman–Crippen LogP) is 4.76. The van der Waals surface area contributed by atoms with Crippen LogP contribution in [0.4, 0.5) is 22.7 Å². The number of hydrogen-bond donors (Lipinski definition) is 2. The van der Waals surface area contributed by atoms with Crippen molar-refractivity contribution in [3.63, 3.8) is 0 Å². The van der Waals surface area contributed by atoms with E-state index in [-0.39, 0.29) is 0 Å². The number of guanidine groups is 1. The summed E-state index contributed by atoms with van der Waals surface area (Å²) in [5, 5.41) is 6.67. The van der Waals surface area contributed by atoms with Crippen LogP contribution < -0.4 is 20.4 Å². The fraction of sp³-hybridized carbons (Fsp3) is 0.214. The van der Waals surface area contributed by atoms with E-state index < -0.39 is 0 Å². The van der Waals surface area contributed by atoms with Crippen molar-refractivity contribution in [3.8, 4) is 0 Å². The minimum atomic E-state index is 0.670. The third-order valence-corrected chi connectivity index (χ3v) is 6.39. The van der Waals surface area contributed by atoms with Gasteiger partial charge in [-0.2, -0.15) is 0 Å². The van der Waals surface area contributed by atoms with E-state index in [0.29, 0.717) is 5.96 Å². The summed E-state index contributed by atoms with van der Waals surface area (Å²) in [6.07, 6.45) is 10.5. The van der Waals surface area contributed by atoms with Crippen molar-refractivity contribution in [1.29, 1.82) is 0 Å². The molecule has 0 amide bonds. The molecule has 0 fully saturated rings. The lowest BCUT2D eigenvalue weighted by Gasteiger charge is -2.34. The zero-order chi connectivity index (χ0) is 24.7. The molecule has 35 heavy (non-hydrogen) atoms. The maximum Gasteiger partial charge on any atom is 0.235 e. The highest BCUT2D eigenvalue weighted by atomic mass is 15.3. The first-order valence-corrected chi connectivity index (χ1v) is 11.7. The molecule has 2 aromatic rings. The van der Waals surface area contributed by atoms with E-state index >= 15 is 0 Å². The van der Waals surface area contributed by atoms with Gasteiger partial charge in [0.25, 0.3) is 0 Å². The average Bonchev–Trinajstić information content (AvgIpc) is 2.87. The summed E-state index contributed by atoms with van der Waals surface area (Å²) in [7, 11) is 12.1. The average molecular weight is 466 g/mol. The first-order valence-electron chi connectivity index (χ1n) is 11.7. The van der Waals surface area contributed by atoms with Crippen molar-refractivity contribution >= 4 is 40.1 Å². The molecule has 7 heteroatoms. The largest absolute Gasteiger partial charge is 0.388 e. The van der Waals surface area contributed by atoms with E-state index in [1.807, 2.05) is 42.3 Å². The molecule has 0 unspecified atom stereocenters. The van der Waals surface area contributed by atoms with Gasteiger partial charge >= 0.3 is 0 Å². The molecule has 0 atom stereocenters. The second-order valence-corrected chi connectivity index (χ2v) is 9.04. The molecule has 0 spiro atoms.